The van der Waals surface area contributed by atoms with Crippen molar-refractivity contribution in [3.05, 3.63) is 33.8 Å². The predicted molar refractivity (Wildman–Crippen MR) is 90.9 cm³/mol. The summed E-state index contributed by atoms with van der Waals surface area (Å²) in [5, 5.41) is 1.45. The summed E-state index contributed by atoms with van der Waals surface area (Å²) < 4.78 is 0. The number of nitrogens with two attached hydrogens (primary N) is 1. The molecular weight excluding hydrogens is 301 g/mol. The summed E-state index contributed by atoms with van der Waals surface area (Å²) in [6.45, 7) is 0. The zero-order chi connectivity index (χ0) is 14.8. The maximum absolute atomic E-state index is 6.52. The topological polar surface area (TPSA) is 26.0 Å². The first kappa shape index (κ1) is 15.6. The van der Waals surface area contributed by atoms with Crippen LogP contribution in [0, 0.1) is 17.8 Å². The van der Waals surface area contributed by atoms with Crippen molar-refractivity contribution in [3.63, 3.8) is 0 Å². The minimum absolute atomic E-state index is 0.228. The molecule has 2 saturated carbocycles. The molecule has 1 aromatic rings. The van der Waals surface area contributed by atoms with Gasteiger partial charge in [0.2, 0.25) is 0 Å². The Morgan fingerprint density at radius 2 is 1.81 bits per heavy atom. The number of halogens is 2. The van der Waals surface area contributed by atoms with E-state index in [4.69, 9.17) is 28.9 Å². The molecule has 1 aromatic carbocycles. The van der Waals surface area contributed by atoms with Crippen molar-refractivity contribution >= 4 is 23.2 Å². The lowest BCUT2D eigenvalue weighted by Gasteiger charge is -2.41. The molecule has 0 spiro atoms. The van der Waals surface area contributed by atoms with Gasteiger partial charge in [0.1, 0.15) is 0 Å². The second kappa shape index (κ2) is 6.89. The van der Waals surface area contributed by atoms with E-state index in [0.29, 0.717) is 10.9 Å². The summed E-state index contributed by atoms with van der Waals surface area (Å²) in [6, 6.07) is 5.99. The van der Waals surface area contributed by atoms with Crippen molar-refractivity contribution in [3.8, 4) is 0 Å². The van der Waals surface area contributed by atoms with Gasteiger partial charge < -0.3 is 5.73 Å². The van der Waals surface area contributed by atoms with Crippen molar-refractivity contribution in [1.82, 2.24) is 0 Å². The average Bonchev–Trinajstić information content (AvgIpc) is 2.49. The largest absolute Gasteiger partial charge is 0.327 e. The first-order valence-corrected chi connectivity index (χ1v) is 9.08. The molecule has 21 heavy (non-hydrogen) atoms. The maximum Gasteiger partial charge on any atom is 0.0453 e. The van der Waals surface area contributed by atoms with Crippen molar-refractivity contribution in [2.24, 2.45) is 23.5 Å². The first-order valence-electron chi connectivity index (χ1n) is 8.33. The second-order valence-electron chi connectivity index (χ2n) is 6.98. The lowest BCUT2D eigenvalue weighted by atomic mass is 9.66. The summed E-state index contributed by atoms with van der Waals surface area (Å²) in [6.07, 6.45) is 10.6. The van der Waals surface area contributed by atoms with Crippen molar-refractivity contribution in [1.29, 1.82) is 0 Å². The van der Waals surface area contributed by atoms with Crippen LogP contribution in [-0.2, 0) is 6.42 Å². The molecule has 0 radical (unpaired) electrons. The molecule has 0 saturated heterocycles. The molecule has 4 atom stereocenters. The van der Waals surface area contributed by atoms with Crippen LogP contribution in [0.4, 0.5) is 0 Å². The van der Waals surface area contributed by atoms with Crippen LogP contribution in [0.3, 0.4) is 0 Å². The Morgan fingerprint density at radius 1 is 1.05 bits per heavy atom. The van der Waals surface area contributed by atoms with Crippen LogP contribution < -0.4 is 5.73 Å². The highest BCUT2D eigenvalue weighted by Gasteiger charge is 2.34. The number of hydrogen-bond acceptors (Lipinski definition) is 1. The van der Waals surface area contributed by atoms with E-state index in [1.165, 1.54) is 44.9 Å². The van der Waals surface area contributed by atoms with Gasteiger partial charge in [-0.05, 0) is 61.1 Å². The van der Waals surface area contributed by atoms with Gasteiger partial charge in [-0.1, -0.05) is 55.0 Å². The van der Waals surface area contributed by atoms with Crippen molar-refractivity contribution < 1.29 is 0 Å². The fourth-order valence-corrected chi connectivity index (χ4v) is 4.89. The summed E-state index contributed by atoms with van der Waals surface area (Å²) in [7, 11) is 0. The molecule has 0 aliphatic heterocycles. The Morgan fingerprint density at radius 3 is 2.57 bits per heavy atom. The summed E-state index contributed by atoms with van der Waals surface area (Å²) in [5.74, 6) is 2.58. The zero-order valence-electron chi connectivity index (χ0n) is 12.5. The molecule has 3 rings (SSSR count). The molecule has 3 heteroatoms. The molecule has 0 aromatic heterocycles. The molecule has 0 bridgehead atoms. The quantitative estimate of drug-likeness (QED) is 0.783. The molecule has 4 unspecified atom stereocenters. The highest BCUT2D eigenvalue weighted by atomic mass is 35.5. The third-order valence-electron chi connectivity index (χ3n) is 5.66. The molecule has 2 aliphatic carbocycles. The molecule has 2 N–H and O–H groups in total. The monoisotopic (exact) mass is 325 g/mol. The van der Waals surface area contributed by atoms with E-state index in [-0.39, 0.29) is 6.04 Å². The number of rotatable bonds is 3. The van der Waals surface area contributed by atoms with E-state index in [1.54, 1.807) is 0 Å². The molecular formula is C18H25Cl2N. The second-order valence-corrected chi connectivity index (χ2v) is 7.83. The van der Waals surface area contributed by atoms with Gasteiger partial charge >= 0.3 is 0 Å². The summed E-state index contributed by atoms with van der Waals surface area (Å²) >= 11 is 12.2. The van der Waals surface area contributed by atoms with Gasteiger partial charge in [-0.2, -0.15) is 0 Å². The molecule has 1 nitrogen and oxygen atoms in total. The van der Waals surface area contributed by atoms with Crippen LogP contribution in [0.2, 0.25) is 10.0 Å². The Labute approximate surface area is 138 Å². The Kier molecular flexibility index (Phi) is 5.14. The molecule has 0 amide bonds. The standard InChI is InChI=1S/C18H25Cl2N/c19-16-8-7-14(17(20)11-16)10-18(21)15-6-5-12-3-1-2-4-13(12)9-15/h7-8,11-13,15,18H,1-6,9-10,21H2. The number of hydrogen-bond donors (Lipinski definition) is 1. The molecule has 116 valence electrons. The maximum atomic E-state index is 6.52. The van der Waals surface area contributed by atoms with Gasteiger partial charge in [-0.25, -0.2) is 0 Å². The van der Waals surface area contributed by atoms with Crippen LogP contribution in [0.25, 0.3) is 0 Å². The Balaban J connectivity index is 1.61. The smallest absolute Gasteiger partial charge is 0.0453 e. The van der Waals surface area contributed by atoms with Crippen LogP contribution in [0.15, 0.2) is 18.2 Å². The van der Waals surface area contributed by atoms with Gasteiger partial charge in [0.15, 0.2) is 0 Å². The van der Waals surface area contributed by atoms with Crippen molar-refractivity contribution in [2.45, 2.75) is 57.4 Å². The van der Waals surface area contributed by atoms with E-state index in [9.17, 15) is 0 Å². The van der Waals surface area contributed by atoms with Crippen LogP contribution >= 0.6 is 23.2 Å². The van der Waals surface area contributed by atoms with Crippen LogP contribution in [0.5, 0.6) is 0 Å². The SMILES string of the molecule is NC(Cc1ccc(Cl)cc1Cl)C1CCC2CCCCC2C1. The minimum atomic E-state index is 0.228. The van der Waals surface area contributed by atoms with Gasteiger partial charge in [0.25, 0.3) is 0 Å². The van der Waals surface area contributed by atoms with E-state index in [1.807, 2.05) is 18.2 Å². The minimum Gasteiger partial charge on any atom is -0.327 e. The molecule has 2 fully saturated rings. The highest BCUT2D eigenvalue weighted by molar-refractivity contribution is 6.35. The fourth-order valence-electron chi connectivity index (χ4n) is 4.41. The number of fused-ring (bicyclic) bond motifs is 1. The number of benzene rings is 1. The van der Waals surface area contributed by atoms with Crippen LogP contribution in [0.1, 0.15) is 50.5 Å². The van der Waals surface area contributed by atoms with E-state index in [0.717, 1.165) is 28.8 Å². The van der Waals surface area contributed by atoms with Crippen LogP contribution in [-0.4, -0.2) is 6.04 Å². The lowest BCUT2D eigenvalue weighted by Crippen LogP contribution is -2.38. The highest BCUT2D eigenvalue weighted by Crippen LogP contribution is 2.43. The third kappa shape index (κ3) is 3.75. The first-order chi connectivity index (χ1) is 10.1. The normalized spacial score (nSPS) is 30.7. The van der Waals surface area contributed by atoms with Crippen molar-refractivity contribution in [2.75, 3.05) is 0 Å². The van der Waals surface area contributed by atoms with E-state index >= 15 is 0 Å². The average molecular weight is 326 g/mol. The zero-order valence-corrected chi connectivity index (χ0v) is 14.0. The predicted octanol–water partition coefficient (Wildman–Crippen LogP) is 5.47. The summed E-state index contributed by atoms with van der Waals surface area (Å²) in [5.41, 5.74) is 7.66. The molecule has 2 aliphatic rings. The fraction of sp³-hybridized carbons (Fsp3) is 0.667. The van der Waals surface area contributed by atoms with Gasteiger partial charge in [-0.3, -0.25) is 0 Å². The lowest BCUT2D eigenvalue weighted by molar-refractivity contribution is 0.117. The van der Waals surface area contributed by atoms with E-state index in [2.05, 4.69) is 0 Å². The molecule has 0 heterocycles. The Bertz CT molecular complexity index is 488. The third-order valence-corrected chi connectivity index (χ3v) is 6.24. The summed E-state index contributed by atoms with van der Waals surface area (Å²) in [4.78, 5) is 0. The van der Waals surface area contributed by atoms with Gasteiger partial charge in [-0.15, -0.1) is 0 Å². The van der Waals surface area contributed by atoms with Gasteiger partial charge in [0, 0.05) is 16.1 Å². The Hall–Kier alpha value is -0.240. The van der Waals surface area contributed by atoms with Gasteiger partial charge in [0.05, 0.1) is 0 Å². The van der Waals surface area contributed by atoms with E-state index < -0.39 is 0 Å².